The zero-order valence-electron chi connectivity index (χ0n) is 23.4. The number of ether oxygens (including phenoxy) is 1. The van der Waals surface area contributed by atoms with E-state index < -0.39 is 16.1 Å². The molecule has 0 bridgehead atoms. The standard InChI is InChI=1S/C33H33N3O5S/c1-24-10-16-28(17-11-24)42(39,40)36(26-14-12-25(13-15-26)33(38)34-18-20-41-21-19-34)23-27(37)22-35-31-8-4-2-6-29(31)30-7-3-5-9-32(30)35/h2-17,27,37H,18-23H2,1H3. The molecule has 1 aliphatic heterocycles. The van der Waals surface area contributed by atoms with Gasteiger partial charge >= 0.3 is 0 Å². The molecule has 1 fully saturated rings. The van der Waals surface area contributed by atoms with Gasteiger partial charge in [0.25, 0.3) is 15.9 Å². The van der Waals surface area contributed by atoms with Gasteiger partial charge in [0.15, 0.2) is 0 Å². The monoisotopic (exact) mass is 583 g/mol. The van der Waals surface area contributed by atoms with Gasteiger partial charge in [-0.05, 0) is 55.5 Å². The summed E-state index contributed by atoms with van der Waals surface area (Å²) < 4.78 is 36.6. The molecule has 2 heterocycles. The van der Waals surface area contributed by atoms with Crippen LogP contribution in [0.25, 0.3) is 21.8 Å². The number of benzene rings is 4. The number of aromatic nitrogens is 1. The number of amides is 1. The Morgan fingerprint density at radius 2 is 1.43 bits per heavy atom. The summed E-state index contributed by atoms with van der Waals surface area (Å²) in [6.07, 6.45) is -1.03. The fourth-order valence-corrected chi connectivity index (χ4v) is 7.06. The van der Waals surface area contributed by atoms with E-state index in [0.29, 0.717) is 37.6 Å². The molecular weight excluding hydrogens is 550 g/mol. The van der Waals surface area contributed by atoms with Crippen molar-refractivity contribution >= 4 is 43.4 Å². The molecule has 8 nitrogen and oxygen atoms in total. The quantitative estimate of drug-likeness (QED) is 0.283. The molecule has 0 radical (unpaired) electrons. The van der Waals surface area contributed by atoms with Crippen LogP contribution in [0, 0.1) is 6.92 Å². The number of aliphatic hydroxyl groups is 1. The molecule has 42 heavy (non-hydrogen) atoms. The number of hydrogen-bond acceptors (Lipinski definition) is 5. The maximum absolute atomic E-state index is 14.0. The Kier molecular flexibility index (Phi) is 7.72. The highest BCUT2D eigenvalue weighted by Gasteiger charge is 2.28. The van der Waals surface area contributed by atoms with Crippen LogP contribution < -0.4 is 4.31 Å². The average Bonchev–Trinajstić information content (AvgIpc) is 3.33. The topological polar surface area (TPSA) is 92.1 Å². The first-order chi connectivity index (χ1) is 20.3. The van der Waals surface area contributed by atoms with Crippen molar-refractivity contribution in [2.45, 2.75) is 24.5 Å². The summed E-state index contributed by atoms with van der Waals surface area (Å²) in [6.45, 7) is 3.95. The smallest absolute Gasteiger partial charge is 0.264 e. The van der Waals surface area contributed by atoms with Crippen LogP contribution in [0.3, 0.4) is 0 Å². The summed E-state index contributed by atoms with van der Waals surface area (Å²) >= 11 is 0. The van der Waals surface area contributed by atoms with Gasteiger partial charge in [-0.2, -0.15) is 0 Å². The zero-order chi connectivity index (χ0) is 29.3. The zero-order valence-corrected chi connectivity index (χ0v) is 24.2. The van der Waals surface area contributed by atoms with E-state index in [1.165, 1.54) is 4.31 Å². The SMILES string of the molecule is Cc1ccc(S(=O)(=O)N(CC(O)Cn2c3ccccc3c3ccccc32)c2ccc(C(=O)N3CCOCC3)cc2)cc1. The molecule has 1 N–H and O–H groups in total. The van der Waals surface area contributed by atoms with E-state index in [4.69, 9.17) is 4.74 Å². The van der Waals surface area contributed by atoms with Crippen LogP contribution in [0.1, 0.15) is 15.9 Å². The van der Waals surface area contributed by atoms with E-state index >= 15 is 0 Å². The van der Waals surface area contributed by atoms with E-state index in [1.807, 2.05) is 47.9 Å². The first-order valence-corrected chi connectivity index (χ1v) is 15.5. The number of morpholine rings is 1. The Morgan fingerprint density at radius 3 is 2.02 bits per heavy atom. The molecule has 216 valence electrons. The lowest BCUT2D eigenvalue weighted by atomic mass is 10.1. The third-order valence-electron chi connectivity index (χ3n) is 7.76. The predicted octanol–water partition coefficient (Wildman–Crippen LogP) is 4.83. The van der Waals surface area contributed by atoms with Crippen molar-refractivity contribution in [1.29, 1.82) is 0 Å². The van der Waals surface area contributed by atoms with Gasteiger partial charge in [-0.1, -0.05) is 54.1 Å². The molecule has 1 atom stereocenters. The van der Waals surface area contributed by atoms with Crippen LogP contribution in [0.4, 0.5) is 5.69 Å². The van der Waals surface area contributed by atoms with Gasteiger partial charge in [-0.15, -0.1) is 0 Å². The number of aliphatic hydroxyl groups excluding tert-OH is 1. The molecular formula is C33H33N3O5S. The van der Waals surface area contributed by atoms with E-state index in [-0.39, 0.29) is 23.9 Å². The molecule has 6 rings (SSSR count). The van der Waals surface area contributed by atoms with Gasteiger partial charge in [-0.25, -0.2) is 8.42 Å². The molecule has 1 aliphatic rings. The van der Waals surface area contributed by atoms with Crippen molar-refractivity contribution in [3.05, 3.63) is 108 Å². The lowest BCUT2D eigenvalue weighted by Crippen LogP contribution is -2.41. The van der Waals surface area contributed by atoms with Gasteiger partial charge in [0, 0.05) is 40.5 Å². The van der Waals surface area contributed by atoms with E-state index in [9.17, 15) is 18.3 Å². The molecule has 1 saturated heterocycles. The molecule has 5 aromatic rings. The van der Waals surface area contributed by atoms with E-state index in [1.54, 1.807) is 53.4 Å². The summed E-state index contributed by atoms with van der Waals surface area (Å²) in [5, 5.41) is 13.6. The average molecular weight is 584 g/mol. The Balaban J connectivity index is 1.33. The Labute approximate surface area is 245 Å². The van der Waals surface area contributed by atoms with Gasteiger partial charge in [0.05, 0.1) is 43.0 Å². The molecule has 1 unspecified atom stereocenters. The third-order valence-corrected chi connectivity index (χ3v) is 9.57. The molecule has 0 spiro atoms. The van der Waals surface area contributed by atoms with E-state index in [0.717, 1.165) is 27.4 Å². The molecule has 0 saturated carbocycles. The number of carbonyl (C=O) groups excluding carboxylic acids is 1. The summed E-state index contributed by atoms with van der Waals surface area (Å²) in [5.41, 5.74) is 3.72. The third kappa shape index (κ3) is 5.38. The lowest BCUT2D eigenvalue weighted by molar-refractivity contribution is 0.0303. The maximum Gasteiger partial charge on any atom is 0.264 e. The lowest BCUT2D eigenvalue weighted by Gasteiger charge is -2.28. The van der Waals surface area contributed by atoms with Crippen molar-refractivity contribution in [3.8, 4) is 0 Å². The highest BCUT2D eigenvalue weighted by molar-refractivity contribution is 7.92. The van der Waals surface area contributed by atoms with Gasteiger partial charge in [-0.3, -0.25) is 9.10 Å². The first kappa shape index (κ1) is 28.0. The highest BCUT2D eigenvalue weighted by Crippen LogP contribution is 2.30. The van der Waals surface area contributed by atoms with Gasteiger partial charge in [0.1, 0.15) is 0 Å². The van der Waals surface area contributed by atoms with Crippen LogP contribution in [-0.4, -0.2) is 67.9 Å². The van der Waals surface area contributed by atoms with E-state index in [2.05, 4.69) is 12.1 Å². The van der Waals surface area contributed by atoms with Crippen LogP contribution in [0.2, 0.25) is 0 Å². The van der Waals surface area contributed by atoms with Crippen molar-refractivity contribution in [3.63, 3.8) is 0 Å². The Hall–Kier alpha value is -4.18. The normalized spacial score (nSPS) is 14.8. The van der Waals surface area contributed by atoms with Crippen molar-refractivity contribution in [2.24, 2.45) is 0 Å². The minimum absolute atomic E-state index is 0.121. The number of aryl methyl sites for hydroxylation is 1. The molecule has 1 amide bonds. The minimum atomic E-state index is -4.03. The summed E-state index contributed by atoms with van der Waals surface area (Å²) in [7, 11) is -4.03. The van der Waals surface area contributed by atoms with Crippen molar-refractivity contribution < 1.29 is 23.1 Å². The van der Waals surface area contributed by atoms with Crippen molar-refractivity contribution in [2.75, 3.05) is 37.2 Å². The fourth-order valence-electron chi connectivity index (χ4n) is 5.56. The maximum atomic E-state index is 14.0. The van der Waals surface area contributed by atoms with Crippen molar-refractivity contribution in [1.82, 2.24) is 9.47 Å². The largest absolute Gasteiger partial charge is 0.389 e. The fraction of sp³-hybridized carbons (Fsp3) is 0.242. The van der Waals surface area contributed by atoms with Crippen LogP contribution in [0.5, 0.6) is 0 Å². The number of anilines is 1. The molecule has 4 aromatic carbocycles. The Morgan fingerprint density at radius 1 is 0.857 bits per heavy atom. The second-order valence-electron chi connectivity index (χ2n) is 10.6. The molecule has 1 aromatic heterocycles. The van der Waals surface area contributed by atoms with Crippen LogP contribution in [0.15, 0.2) is 102 Å². The second kappa shape index (κ2) is 11.6. The first-order valence-electron chi connectivity index (χ1n) is 14.0. The predicted molar refractivity (Wildman–Crippen MR) is 164 cm³/mol. The van der Waals surface area contributed by atoms with Crippen LogP contribution >= 0.6 is 0 Å². The summed E-state index contributed by atoms with van der Waals surface area (Å²) in [6, 6.07) is 29.2. The Bertz CT molecular complexity index is 1770. The molecule has 0 aliphatic carbocycles. The molecule has 9 heteroatoms. The highest BCUT2D eigenvalue weighted by atomic mass is 32.2. The summed E-state index contributed by atoms with van der Waals surface area (Å²) in [5.74, 6) is -0.121. The number of hydrogen-bond donors (Lipinski definition) is 1. The number of nitrogens with zero attached hydrogens (tertiary/aromatic N) is 3. The number of carbonyl (C=O) groups is 1. The minimum Gasteiger partial charge on any atom is -0.389 e. The van der Waals surface area contributed by atoms with Gasteiger partial charge in [0.2, 0.25) is 0 Å². The number of para-hydroxylation sites is 2. The number of rotatable bonds is 8. The van der Waals surface area contributed by atoms with Gasteiger partial charge < -0.3 is 19.3 Å². The number of fused-ring (bicyclic) bond motifs is 3. The summed E-state index contributed by atoms with van der Waals surface area (Å²) in [4.78, 5) is 14.9. The second-order valence-corrected chi connectivity index (χ2v) is 12.5. The number of sulfonamides is 1. The van der Waals surface area contributed by atoms with Crippen LogP contribution in [-0.2, 0) is 21.3 Å².